The lowest BCUT2D eigenvalue weighted by Crippen LogP contribution is -2.15. The van der Waals surface area contributed by atoms with E-state index >= 15 is 4.39 Å². The number of benzene rings is 2. The van der Waals surface area contributed by atoms with E-state index < -0.39 is 49.7 Å². The normalized spacial score (nSPS) is 14.5. The number of hydrogen-bond acceptors (Lipinski definition) is 6. The highest BCUT2D eigenvalue weighted by Gasteiger charge is 2.33. The maximum absolute atomic E-state index is 15.1. The smallest absolute Gasteiger partial charge is 0.304 e. The minimum atomic E-state index is -4.49. The van der Waals surface area contributed by atoms with Crippen LogP contribution in [0.25, 0.3) is 0 Å². The first-order valence-corrected chi connectivity index (χ1v) is 12.0. The number of ether oxygens (including phenoxy) is 1. The topological polar surface area (TPSA) is 118 Å². The molecule has 4 rings (SSSR count). The molecule has 0 saturated heterocycles. The van der Waals surface area contributed by atoms with Gasteiger partial charge in [0.1, 0.15) is 16.5 Å². The van der Waals surface area contributed by atoms with Gasteiger partial charge in [0.15, 0.2) is 5.82 Å². The molecule has 0 radical (unpaired) electrons. The highest BCUT2D eigenvalue weighted by atomic mass is 35.5. The van der Waals surface area contributed by atoms with Gasteiger partial charge in [-0.15, -0.1) is 0 Å². The maximum atomic E-state index is 15.1. The zero-order valence-corrected chi connectivity index (χ0v) is 19.7. The fourth-order valence-electron chi connectivity index (χ4n) is 3.36. The number of aliphatic carboxylic acids is 1. The molecule has 2 aromatic carbocycles. The van der Waals surface area contributed by atoms with E-state index in [0.717, 1.165) is 18.2 Å². The Hall–Kier alpha value is -3.46. The van der Waals surface area contributed by atoms with Crippen molar-refractivity contribution in [3.8, 4) is 17.6 Å². The van der Waals surface area contributed by atoms with Crippen molar-refractivity contribution in [2.45, 2.75) is 17.2 Å². The van der Waals surface area contributed by atoms with Gasteiger partial charge in [0, 0.05) is 28.9 Å². The number of anilines is 1. The van der Waals surface area contributed by atoms with Crippen molar-refractivity contribution >= 4 is 44.9 Å². The SMILES string of the molecule is O=C(O)CC1COc2c1cc(Cl)cc2S(=O)(=O)Nc1ccc(F)c(C#Cc2cnc(Cl)nc2)c1F. The van der Waals surface area contributed by atoms with E-state index in [4.69, 9.17) is 33.0 Å². The molecular weight excluding hydrogens is 527 g/mol. The third-order valence-corrected chi connectivity index (χ3v) is 6.70. The number of sulfonamides is 1. The quantitative estimate of drug-likeness (QED) is 0.368. The number of rotatable bonds is 5. The van der Waals surface area contributed by atoms with Crippen molar-refractivity contribution < 1.29 is 31.8 Å². The predicted molar refractivity (Wildman–Crippen MR) is 122 cm³/mol. The molecule has 0 spiro atoms. The first kappa shape index (κ1) is 24.7. The molecular formula is C22H13Cl2F2N3O5S. The lowest BCUT2D eigenvalue weighted by molar-refractivity contribution is -0.137. The number of carboxylic acid groups (broad SMARTS) is 1. The lowest BCUT2D eigenvalue weighted by atomic mass is 9.98. The average molecular weight is 540 g/mol. The Kier molecular flexibility index (Phi) is 6.80. The Labute approximate surface area is 207 Å². The Balaban J connectivity index is 1.70. The van der Waals surface area contributed by atoms with Crippen LogP contribution in [0.4, 0.5) is 14.5 Å². The van der Waals surface area contributed by atoms with Crippen molar-refractivity contribution in [2.24, 2.45) is 0 Å². The van der Waals surface area contributed by atoms with Crippen LogP contribution >= 0.6 is 23.2 Å². The van der Waals surface area contributed by atoms with Crippen LogP contribution < -0.4 is 9.46 Å². The number of nitrogens with zero attached hydrogens (tertiary/aromatic N) is 2. The van der Waals surface area contributed by atoms with E-state index in [1.165, 1.54) is 18.5 Å². The molecule has 0 aliphatic carbocycles. The Morgan fingerprint density at radius 3 is 2.60 bits per heavy atom. The highest BCUT2D eigenvalue weighted by molar-refractivity contribution is 7.92. The highest BCUT2D eigenvalue weighted by Crippen LogP contribution is 2.43. The summed E-state index contributed by atoms with van der Waals surface area (Å²) in [6, 6.07) is 4.26. The van der Waals surface area contributed by atoms with Gasteiger partial charge in [0.2, 0.25) is 5.28 Å². The van der Waals surface area contributed by atoms with Gasteiger partial charge in [-0.25, -0.2) is 27.2 Å². The summed E-state index contributed by atoms with van der Waals surface area (Å²) >= 11 is 11.7. The van der Waals surface area contributed by atoms with Crippen LogP contribution in [-0.2, 0) is 14.8 Å². The molecule has 35 heavy (non-hydrogen) atoms. The molecule has 0 fully saturated rings. The summed E-state index contributed by atoms with van der Waals surface area (Å²) in [5.41, 5.74) is -0.732. The molecule has 2 heterocycles. The summed E-state index contributed by atoms with van der Waals surface area (Å²) in [6.45, 7) is -0.0659. The average Bonchev–Trinajstić information content (AvgIpc) is 3.18. The second-order valence-corrected chi connectivity index (χ2v) is 9.73. The summed E-state index contributed by atoms with van der Waals surface area (Å²) in [5, 5.41) is 9.07. The minimum absolute atomic E-state index is 0.0151. The third-order valence-electron chi connectivity index (χ3n) is 4.92. The number of carbonyl (C=O) groups is 1. The Morgan fingerprint density at radius 2 is 1.91 bits per heavy atom. The van der Waals surface area contributed by atoms with E-state index in [1.54, 1.807) is 0 Å². The fraction of sp³-hybridized carbons (Fsp3) is 0.136. The summed E-state index contributed by atoms with van der Waals surface area (Å²) < 4.78 is 63.1. The van der Waals surface area contributed by atoms with Crippen molar-refractivity contribution in [1.82, 2.24) is 9.97 Å². The maximum Gasteiger partial charge on any atom is 0.304 e. The first-order chi connectivity index (χ1) is 16.5. The van der Waals surface area contributed by atoms with Gasteiger partial charge in [0.05, 0.1) is 29.8 Å². The zero-order valence-electron chi connectivity index (χ0n) is 17.4. The second kappa shape index (κ2) is 9.65. The summed E-state index contributed by atoms with van der Waals surface area (Å²) in [6.07, 6.45) is 2.21. The van der Waals surface area contributed by atoms with E-state index in [2.05, 4.69) is 26.5 Å². The van der Waals surface area contributed by atoms with Gasteiger partial charge in [-0.3, -0.25) is 9.52 Å². The van der Waals surface area contributed by atoms with Crippen molar-refractivity contribution in [3.05, 3.63) is 75.3 Å². The summed E-state index contributed by atoms with van der Waals surface area (Å²) in [5.74, 6) is 0.712. The Morgan fingerprint density at radius 1 is 1.20 bits per heavy atom. The van der Waals surface area contributed by atoms with Gasteiger partial charge >= 0.3 is 5.97 Å². The molecule has 1 atom stereocenters. The molecule has 8 nitrogen and oxygen atoms in total. The Bertz CT molecular complexity index is 1510. The number of carboxylic acids is 1. The number of halogens is 4. The van der Waals surface area contributed by atoms with Gasteiger partial charge in [-0.1, -0.05) is 23.4 Å². The van der Waals surface area contributed by atoms with Gasteiger partial charge in [-0.2, -0.15) is 0 Å². The fourth-order valence-corrected chi connectivity index (χ4v) is 5.01. The van der Waals surface area contributed by atoms with Crippen LogP contribution in [0.5, 0.6) is 5.75 Å². The van der Waals surface area contributed by atoms with Gasteiger partial charge in [-0.05, 0) is 35.9 Å². The van der Waals surface area contributed by atoms with E-state index in [0.29, 0.717) is 5.56 Å². The van der Waals surface area contributed by atoms with Crippen LogP contribution in [0.15, 0.2) is 41.6 Å². The molecule has 180 valence electrons. The molecule has 0 bridgehead atoms. The van der Waals surface area contributed by atoms with Crippen LogP contribution in [0.3, 0.4) is 0 Å². The van der Waals surface area contributed by atoms with Crippen LogP contribution in [-0.4, -0.2) is 36.1 Å². The molecule has 0 saturated carbocycles. The van der Waals surface area contributed by atoms with E-state index in [-0.39, 0.29) is 34.6 Å². The largest absolute Gasteiger partial charge is 0.491 e. The number of fused-ring (bicyclic) bond motifs is 1. The van der Waals surface area contributed by atoms with E-state index in [9.17, 15) is 17.6 Å². The first-order valence-electron chi connectivity index (χ1n) is 9.73. The standard InChI is InChI=1S/C22H13Cl2F2N3O5S/c23-13-6-15-12(5-19(30)31)10-34-21(15)18(7-13)35(32,33)29-17-4-3-16(25)14(20(17)26)2-1-11-8-27-22(24)28-9-11/h3-4,6-9,12,29H,5,10H2,(H,30,31). The van der Waals surface area contributed by atoms with Gasteiger partial charge in [0.25, 0.3) is 10.0 Å². The minimum Gasteiger partial charge on any atom is -0.491 e. The van der Waals surface area contributed by atoms with E-state index in [1.807, 2.05) is 0 Å². The van der Waals surface area contributed by atoms with Crippen LogP contribution in [0, 0.1) is 23.5 Å². The van der Waals surface area contributed by atoms with Crippen molar-refractivity contribution in [2.75, 3.05) is 11.3 Å². The molecule has 1 aliphatic rings. The second-order valence-electron chi connectivity index (χ2n) is 7.31. The molecule has 1 unspecified atom stereocenters. The molecule has 1 aliphatic heterocycles. The molecule has 13 heteroatoms. The lowest BCUT2D eigenvalue weighted by Gasteiger charge is -2.13. The van der Waals surface area contributed by atoms with Gasteiger partial charge < -0.3 is 9.84 Å². The third kappa shape index (κ3) is 5.30. The van der Waals surface area contributed by atoms with Crippen LogP contribution in [0.2, 0.25) is 10.3 Å². The number of nitrogens with one attached hydrogen (secondary N) is 1. The molecule has 1 aromatic heterocycles. The molecule has 2 N–H and O–H groups in total. The van der Waals surface area contributed by atoms with Crippen molar-refractivity contribution in [3.63, 3.8) is 0 Å². The number of aromatic nitrogens is 2. The molecule has 0 amide bonds. The zero-order chi connectivity index (χ0) is 25.3. The summed E-state index contributed by atoms with van der Waals surface area (Å²) in [4.78, 5) is 18.1. The van der Waals surface area contributed by atoms with Crippen molar-refractivity contribution in [1.29, 1.82) is 0 Å². The predicted octanol–water partition coefficient (Wildman–Crippen LogP) is 4.21. The number of hydrogen-bond donors (Lipinski definition) is 2. The molecule has 3 aromatic rings. The monoisotopic (exact) mass is 539 g/mol. The summed E-state index contributed by atoms with van der Waals surface area (Å²) in [7, 11) is -4.49. The van der Waals surface area contributed by atoms with Crippen LogP contribution in [0.1, 0.15) is 29.0 Å².